The fourth-order valence-electron chi connectivity index (χ4n) is 2.77. The summed E-state index contributed by atoms with van der Waals surface area (Å²) in [6, 6.07) is 18.6. The highest BCUT2D eigenvalue weighted by atomic mass is 79.9. The van der Waals surface area contributed by atoms with E-state index >= 15 is 0 Å². The third kappa shape index (κ3) is 4.67. The smallest absolute Gasteiger partial charge is 0.147 e. The zero-order valence-electron chi connectivity index (χ0n) is 14.4. The average molecular weight is 396 g/mol. The molecular formula is C21H22BrN3. The maximum atomic E-state index is 4.69. The van der Waals surface area contributed by atoms with Crippen LogP contribution in [0.1, 0.15) is 32.6 Å². The number of nitrogens with zero attached hydrogens (tertiary/aromatic N) is 2. The van der Waals surface area contributed by atoms with Crippen LogP contribution in [0.15, 0.2) is 64.2 Å². The summed E-state index contributed by atoms with van der Waals surface area (Å²) in [5, 5.41) is 5.45. The number of aromatic nitrogens is 1. The van der Waals surface area contributed by atoms with Crippen LogP contribution < -0.4 is 5.43 Å². The first-order valence-electron chi connectivity index (χ1n) is 8.71. The number of hydrazone groups is 1. The van der Waals surface area contributed by atoms with Crippen LogP contribution in [0.2, 0.25) is 0 Å². The number of benzene rings is 2. The van der Waals surface area contributed by atoms with E-state index in [-0.39, 0.29) is 0 Å². The predicted octanol–water partition coefficient (Wildman–Crippen LogP) is 6.64. The largest absolute Gasteiger partial charge is 0.262 e. The zero-order chi connectivity index (χ0) is 17.5. The normalized spacial score (nSPS) is 11.3. The minimum absolute atomic E-state index is 0.764. The molecule has 0 unspecified atom stereocenters. The van der Waals surface area contributed by atoms with Crippen molar-refractivity contribution in [3.05, 3.63) is 59.1 Å². The molecule has 0 fully saturated rings. The van der Waals surface area contributed by atoms with E-state index in [9.17, 15) is 0 Å². The fourth-order valence-corrected chi connectivity index (χ4v) is 3.13. The van der Waals surface area contributed by atoms with Crippen LogP contribution in [0, 0.1) is 0 Å². The van der Waals surface area contributed by atoms with Crippen LogP contribution in [0.4, 0.5) is 5.82 Å². The topological polar surface area (TPSA) is 37.3 Å². The Balaban J connectivity index is 1.91. The molecule has 0 amide bonds. The van der Waals surface area contributed by atoms with Gasteiger partial charge in [-0.3, -0.25) is 5.43 Å². The Morgan fingerprint density at radius 2 is 1.92 bits per heavy atom. The second kappa shape index (κ2) is 8.77. The van der Waals surface area contributed by atoms with E-state index < -0.39 is 0 Å². The van der Waals surface area contributed by atoms with Crippen molar-refractivity contribution in [3.8, 4) is 11.1 Å². The first-order chi connectivity index (χ1) is 12.3. The van der Waals surface area contributed by atoms with Gasteiger partial charge >= 0.3 is 0 Å². The number of halogens is 1. The molecule has 0 aliphatic heterocycles. The lowest BCUT2D eigenvalue weighted by molar-refractivity contribution is 0.746. The van der Waals surface area contributed by atoms with Gasteiger partial charge in [-0.1, -0.05) is 66.0 Å². The van der Waals surface area contributed by atoms with E-state index in [0.29, 0.717) is 0 Å². The first kappa shape index (κ1) is 17.6. The fraction of sp³-hybridized carbons (Fsp3) is 0.238. The van der Waals surface area contributed by atoms with Gasteiger partial charge in [0.1, 0.15) is 5.82 Å². The SMILES string of the molecule is CCCCC/C=N\Nc1cc(-c2ccccc2)c2cc(Br)ccc2n1. The molecule has 0 radical (unpaired) electrons. The van der Waals surface area contributed by atoms with Gasteiger partial charge in [0.2, 0.25) is 0 Å². The summed E-state index contributed by atoms with van der Waals surface area (Å²) in [6.45, 7) is 2.21. The molecule has 3 rings (SSSR count). The summed E-state index contributed by atoms with van der Waals surface area (Å²) in [5.41, 5.74) is 6.36. The number of nitrogens with one attached hydrogen (secondary N) is 1. The van der Waals surface area contributed by atoms with Gasteiger partial charge in [-0.25, -0.2) is 4.98 Å². The molecule has 25 heavy (non-hydrogen) atoms. The Morgan fingerprint density at radius 3 is 2.72 bits per heavy atom. The van der Waals surface area contributed by atoms with Crippen LogP contribution in [0.25, 0.3) is 22.0 Å². The summed E-state index contributed by atoms with van der Waals surface area (Å²) < 4.78 is 1.05. The number of unbranched alkanes of at least 4 members (excludes halogenated alkanes) is 3. The number of hydrogen-bond acceptors (Lipinski definition) is 3. The lowest BCUT2D eigenvalue weighted by atomic mass is 10.0. The van der Waals surface area contributed by atoms with Crippen molar-refractivity contribution in [2.45, 2.75) is 32.6 Å². The minimum atomic E-state index is 0.764. The number of fused-ring (bicyclic) bond motifs is 1. The Labute approximate surface area is 157 Å². The minimum Gasteiger partial charge on any atom is -0.262 e. The maximum Gasteiger partial charge on any atom is 0.147 e. The Kier molecular flexibility index (Phi) is 6.18. The van der Waals surface area contributed by atoms with Crippen molar-refractivity contribution in [2.75, 3.05) is 5.43 Å². The lowest BCUT2D eigenvalue weighted by Crippen LogP contribution is -1.95. The summed E-state index contributed by atoms with van der Waals surface area (Å²) in [4.78, 5) is 4.69. The Bertz CT molecular complexity index is 860. The summed E-state index contributed by atoms with van der Waals surface area (Å²) >= 11 is 3.56. The van der Waals surface area contributed by atoms with Gasteiger partial charge in [0.15, 0.2) is 0 Å². The standard InChI is InChI=1S/C21H22BrN3/c1-2-3-4-8-13-23-25-21-15-18(16-9-6-5-7-10-16)19-14-17(22)11-12-20(19)24-21/h5-7,9-15H,2-4,8H2,1H3,(H,24,25)/b23-13-. The lowest BCUT2D eigenvalue weighted by Gasteiger charge is -2.10. The third-order valence-electron chi connectivity index (χ3n) is 4.06. The molecule has 3 aromatic rings. The van der Waals surface area contributed by atoms with Crippen molar-refractivity contribution in [3.63, 3.8) is 0 Å². The Hall–Kier alpha value is -2.20. The highest BCUT2D eigenvalue weighted by Crippen LogP contribution is 2.31. The average Bonchev–Trinajstić information content (AvgIpc) is 2.65. The second-order valence-corrected chi connectivity index (χ2v) is 6.92. The van der Waals surface area contributed by atoms with Gasteiger partial charge in [-0.15, -0.1) is 0 Å². The van der Waals surface area contributed by atoms with Gasteiger partial charge in [0.25, 0.3) is 0 Å². The van der Waals surface area contributed by atoms with E-state index in [0.717, 1.165) is 33.2 Å². The van der Waals surface area contributed by atoms with Gasteiger partial charge < -0.3 is 0 Å². The van der Waals surface area contributed by atoms with Gasteiger partial charge in [0, 0.05) is 16.1 Å². The molecule has 128 valence electrons. The van der Waals surface area contributed by atoms with Crippen LogP contribution in [-0.4, -0.2) is 11.2 Å². The molecule has 0 bridgehead atoms. The zero-order valence-corrected chi connectivity index (χ0v) is 16.0. The molecule has 1 aromatic heterocycles. The molecule has 2 aromatic carbocycles. The molecule has 1 heterocycles. The van der Waals surface area contributed by atoms with E-state index in [1.54, 1.807) is 0 Å². The van der Waals surface area contributed by atoms with Crippen molar-refractivity contribution in [1.82, 2.24) is 4.98 Å². The molecule has 3 nitrogen and oxygen atoms in total. The number of hydrogen-bond donors (Lipinski definition) is 1. The van der Waals surface area contributed by atoms with Crippen molar-refractivity contribution < 1.29 is 0 Å². The molecule has 0 atom stereocenters. The quantitative estimate of drug-likeness (QED) is 0.276. The number of anilines is 1. The maximum absolute atomic E-state index is 4.69. The summed E-state index contributed by atoms with van der Waals surface area (Å²) in [5.74, 6) is 0.764. The Morgan fingerprint density at radius 1 is 1.08 bits per heavy atom. The summed E-state index contributed by atoms with van der Waals surface area (Å²) in [6.07, 6.45) is 6.57. The number of rotatable bonds is 7. The molecule has 0 aliphatic carbocycles. The molecule has 4 heteroatoms. The van der Waals surface area contributed by atoms with Gasteiger partial charge in [-0.05, 0) is 48.2 Å². The molecule has 0 saturated heterocycles. The molecule has 0 saturated carbocycles. The van der Waals surface area contributed by atoms with Crippen LogP contribution in [0.3, 0.4) is 0 Å². The van der Waals surface area contributed by atoms with Crippen molar-refractivity contribution in [1.29, 1.82) is 0 Å². The van der Waals surface area contributed by atoms with Crippen molar-refractivity contribution in [2.24, 2.45) is 5.10 Å². The molecule has 1 N–H and O–H groups in total. The van der Waals surface area contributed by atoms with Crippen LogP contribution in [-0.2, 0) is 0 Å². The van der Waals surface area contributed by atoms with Gasteiger partial charge in [0.05, 0.1) is 5.52 Å². The van der Waals surface area contributed by atoms with Crippen LogP contribution >= 0.6 is 15.9 Å². The molecule has 0 spiro atoms. The third-order valence-corrected chi connectivity index (χ3v) is 4.56. The highest BCUT2D eigenvalue weighted by Gasteiger charge is 2.08. The predicted molar refractivity (Wildman–Crippen MR) is 111 cm³/mol. The number of pyridine rings is 1. The molecular weight excluding hydrogens is 374 g/mol. The second-order valence-electron chi connectivity index (χ2n) is 6.00. The highest BCUT2D eigenvalue weighted by molar-refractivity contribution is 9.10. The first-order valence-corrected chi connectivity index (χ1v) is 9.50. The molecule has 0 aliphatic rings. The van der Waals surface area contributed by atoms with Gasteiger partial charge in [-0.2, -0.15) is 5.10 Å². The van der Waals surface area contributed by atoms with E-state index in [4.69, 9.17) is 4.98 Å². The van der Waals surface area contributed by atoms with E-state index in [1.807, 2.05) is 24.4 Å². The van der Waals surface area contributed by atoms with E-state index in [2.05, 4.69) is 69.8 Å². The van der Waals surface area contributed by atoms with Crippen molar-refractivity contribution >= 4 is 38.9 Å². The monoisotopic (exact) mass is 395 g/mol. The summed E-state index contributed by atoms with van der Waals surface area (Å²) in [7, 11) is 0. The van der Waals surface area contributed by atoms with Crippen LogP contribution in [0.5, 0.6) is 0 Å². The van der Waals surface area contributed by atoms with E-state index in [1.165, 1.54) is 24.8 Å².